The Morgan fingerprint density at radius 2 is 1.25 bits per heavy atom. The monoisotopic (exact) mass is 159 g/mol. The van der Waals surface area contributed by atoms with Crippen LogP contribution < -0.4 is 9.35 Å². The van der Waals surface area contributed by atoms with Gasteiger partial charge in [-0.15, -0.1) is 0 Å². The van der Waals surface area contributed by atoms with Crippen molar-refractivity contribution in [2.24, 2.45) is 0 Å². The SMILES string of the molecule is [2H]c1cccc[n+]1-[n+]1ccccc1. The minimum absolute atomic E-state index is 0.457. The van der Waals surface area contributed by atoms with Crippen molar-refractivity contribution in [3.63, 3.8) is 0 Å². The molecule has 2 heteroatoms. The lowest BCUT2D eigenvalue weighted by Crippen LogP contribution is -2.65. The van der Waals surface area contributed by atoms with Crippen molar-refractivity contribution in [2.75, 3.05) is 0 Å². The van der Waals surface area contributed by atoms with Crippen LogP contribution in [0.15, 0.2) is 61.2 Å². The van der Waals surface area contributed by atoms with Crippen molar-refractivity contribution >= 4 is 0 Å². The molecule has 0 amide bonds. The molecule has 0 aliphatic rings. The summed E-state index contributed by atoms with van der Waals surface area (Å²) in [5, 5.41) is 0. The Morgan fingerprint density at radius 1 is 0.667 bits per heavy atom. The lowest BCUT2D eigenvalue weighted by atomic mass is 10.5. The first-order valence-corrected chi connectivity index (χ1v) is 3.82. The lowest BCUT2D eigenvalue weighted by molar-refractivity contribution is -1.30. The highest BCUT2D eigenvalue weighted by atomic mass is 15.4. The van der Waals surface area contributed by atoms with Crippen molar-refractivity contribution in [1.29, 1.82) is 0 Å². The highest BCUT2D eigenvalue weighted by molar-refractivity contribution is 4.84. The lowest BCUT2D eigenvalue weighted by Gasteiger charge is -1.84. The zero-order valence-corrected chi connectivity index (χ0v) is 6.59. The quantitative estimate of drug-likeness (QED) is 0.537. The molecule has 0 aliphatic carbocycles. The molecule has 0 N–H and O–H groups in total. The standard InChI is InChI=1S/C10H10N2/c1-3-7-11(8-4-1)12-9-5-2-6-10-12/h1-10H/q+2/i7D. The third-order valence-electron chi connectivity index (χ3n) is 1.59. The highest BCUT2D eigenvalue weighted by Crippen LogP contribution is 1.76. The molecule has 0 bridgehead atoms. The molecule has 2 aromatic heterocycles. The molecule has 2 aromatic rings. The van der Waals surface area contributed by atoms with Gasteiger partial charge in [0.1, 0.15) is 1.37 Å². The minimum atomic E-state index is 0.457. The molecular formula is C10H10N2+2. The van der Waals surface area contributed by atoms with Crippen LogP contribution in [0.2, 0.25) is 0 Å². The maximum Gasteiger partial charge on any atom is 0.242 e. The van der Waals surface area contributed by atoms with Gasteiger partial charge in [0.15, 0.2) is 0 Å². The molecule has 0 fully saturated rings. The molecule has 0 atom stereocenters. The van der Waals surface area contributed by atoms with Gasteiger partial charge in [0.2, 0.25) is 24.8 Å². The number of rotatable bonds is 1. The van der Waals surface area contributed by atoms with E-state index in [2.05, 4.69) is 0 Å². The van der Waals surface area contributed by atoms with Gasteiger partial charge in [-0.1, -0.05) is 0 Å². The molecular weight excluding hydrogens is 148 g/mol. The molecule has 0 aliphatic heterocycles. The molecule has 12 heavy (non-hydrogen) atoms. The van der Waals surface area contributed by atoms with Crippen LogP contribution in [0.25, 0.3) is 0 Å². The van der Waals surface area contributed by atoms with Crippen molar-refractivity contribution in [2.45, 2.75) is 0 Å². The van der Waals surface area contributed by atoms with E-state index < -0.39 is 0 Å². The van der Waals surface area contributed by atoms with Crippen molar-refractivity contribution in [3.8, 4) is 0 Å². The summed E-state index contributed by atoms with van der Waals surface area (Å²) in [7, 11) is 0. The van der Waals surface area contributed by atoms with Crippen molar-refractivity contribution in [1.82, 2.24) is 0 Å². The normalized spacial score (nSPS) is 10.8. The Bertz CT molecular complexity index is 401. The van der Waals surface area contributed by atoms with E-state index in [4.69, 9.17) is 1.37 Å². The topological polar surface area (TPSA) is 7.76 Å². The van der Waals surface area contributed by atoms with Gasteiger partial charge in [0, 0.05) is 24.3 Å². The summed E-state index contributed by atoms with van der Waals surface area (Å²) < 4.78 is 11.2. The number of hydrogen-bond donors (Lipinski definition) is 0. The first-order valence-electron chi connectivity index (χ1n) is 4.32. The molecule has 2 rings (SSSR count). The fourth-order valence-electron chi connectivity index (χ4n) is 1.03. The summed E-state index contributed by atoms with van der Waals surface area (Å²) >= 11 is 0. The van der Waals surface area contributed by atoms with Crippen LogP contribution in [0.5, 0.6) is 0 Å². The maximum absolute atomic E-state index is 7.65. The second kappa shape index (κ2) is 3.13. The highest BCUT2D eigenvalue weighted by Gasteiger charge is 2.06. The number of nitrogens with zero attached hydrogens (tertiary/aromatic N) is 2. The van der Waals surface area contributed by atoms with Gasteiger partial charge < -0.3 is 0 Å². The van der Waals surface area contributed by atoms with Crippen LogP contribution in [-0.4, -0.2) is 0 Å². The summed E-state index contributed by atoms with van der Waals surface area (Å²) in [6, 6.07) is 11.3. The number of aromatic nitrogens is 2. The molecule has 2 nitrogen and oxygen atoms in total. The van der Waals surface area contributed by atoms with E-state index in [1.54, 1.807) is 10.7 Å². The number of hydrogen-bond acceptors (Lipinski definition) is 0. The molecule has 2 heterocycles. The largest absolute Gasteiger partial charge is 0.242 e. The first kappa shape index (κ1) is 5.89. The smallest absolute Gasteiger partial charge is 0.0499 e. The second-order valence-corrected chi connectivity index (χ2v) is 2.43. The molecule has 0 unspecified atom stereocenters. The van der Waals surface area contributed by atoms with E-state index >= 15 is 0 Å². The third-order valence-corrected chi connectivity index (χ3v) is 1.59. The Balaban J connectivity index is 2.54. The van der Waals surface area contributed by atoms with Crippen LogP contribution in [0.1, 0.15) is 1.37 Å². The van der Waals surface area contributed by atoms with Crippen molar-refractivity contribution < 1.29 is 10.7 Å². The van der Waals surface area contributed by atoms with Crippen LogP contribution in [-0.2, 0) is 0 Å². The maximum atomic E-state index is 7.65. The molecule has 0 saturated carbocycles. The zero-order valence-electron chi connectivity index (χ0n) is 7.59. The number of pyridine rings is 2. The molecule has 0 spiro atoms. The van der Waals surface area contributed by atoms with Crippen LogP contribution in [0, 0.1) is 0 Å². The van der Waals surface area contributed by atoms with Gasteiger partial charge >= 0.3 is 0 Å². The average molecular weight is 159 g/mol. The summed E-state index contributed by atoms with van der Waals surface area (Å²) in [6.45, 7) is 0. The minimum Gasteiger partial charge on any atom is -0.0499 e. The van der Waals surface area contributed by atoms with E-state index in [-0.39, 0.29) is 0 Å². The molecule has 0 saturated heterocycles. The van der Waals surface area contributed by atoms with Crippen LogP contribution >= 0.6 is 0 Å². The fourth-order valence-corrected chi connectivity index (χ4v) is 1.03. The summed E-state index contributed by atoms with van der Waals surface area (Å²) in [5.74, 6) is 0. The van der Waals surface area contributed by atoms with E-state index in [0.717, 1.165) is 0 Å². The average Bonchev–Trinajstić information content (AvgIpc) is 2.20. The van der Waals surface area contributed by atoms with E-state index in [0.29, 0.717) is 6.17 Å². The summed E-state index contributed by atoms with van der Waals surface area (Å²) in [4.78, 5) is 0. The van der Waals surface area contributed by atoms with Crippen molar-refractivity contribution in [3.05, 3.63) is 61.2 Å². The Hall–Kier alpha value is -1.70. The Morgan fingerprint density at radius 3 is 1.92 bits per heavy atom. The van der Waals surface area contributed by atoms with Gasteiger partial charge in [-0.25, -0.2) is 0 Å². The Labute approximate surface area is 72.7 Å². The van der Waals surface area contributed by atoms with Crippen LogP contribution in [0.3, 0.4) is 0 Å². The van der Waals surface area contributed by atoms with Gasteiger partial charge in [0.05, 0.1) is 9.35 Å². The molecule has 58 valence electrons. The zero-order chi connectivity index (χ0) is 9.10. The van der Waals surface area contributed by atoms with Gasteiger partial charge in [-0.05, 0) is 12.1 Å². The Kier molecular flexibility index (Phi) is 1.54. The summed E-state index contributed by atoms with van der Waals surface area (Å²) in [6.07, 6.45) is 6.11. The summed E-state index contributed by atoms with van der Waals surface area (Å²) in [5.41, 5.74) is 0. The molecule has 0 aromatic carbocycles. The van der Waals surface area contributed by atoms with E-state index in [1.165, 1.54) is 0 Å². The van der Waals surface area contributed by atoms with E-state index in [1.807, 2.05) is 53.6 Å². The fraction of sp³-hybridized carbons (Fsp3) is 0. The molecule has 0 radical (unpaired) electrons. The van der Waals surface area contributed by atoms with E-state index in [9.17, 15) is 0 Å². The van der Waals surface area contributed by atoms with Gasteiger partial charge in [0.25, 0.3) is 0 Å². The third kappa shape index (κ3) is 1.32. The predicted molar refractivity (Wildman–Crippen MR) is 44.1 cm³/mol. The predicted octanol–water partition coefficient (Wildman–Crippen LogP) is 0.573. The second-order valence-electron chi connectivity index (χ2n) is 2.43. The van der Waals surface area contributed by atoms with Gasteiger partial charge in [-0.2, -0.15) is 0 Å². The van der Waals surface area contributed by atoms with Gasteiger partial charge in [-0.3, -0.25) is 0 Å². The van der Waals surface area contributed by atoms with Crippen LogP contribution in [0.4, 0.5) is 0 Å². The first-order chi connectivity index (χ1) is 6.38.